The summed E-state index contributed by atoms with van der Waals surface area (Å²) in [7, 11) is 0. The third-order valence-electron chi connectivity index (χ3n) is 7.46. The van der Waals surface area contributed by atoms with Gasteiger partial charge < -0.3 is 34.3 Å². The summed E-state index contributed by atoms with van der Waals surface area (Å²) in [5, 5.41) is 14.1. The number of carbonyl (C=O) groups is 2. The van der Waals surface area contributed by atoms with Crippen molar-refractivity contribution in [1.29, 1.82) is 0 Å². The first kappa shape index (κ1) is 28.4. The number of hydrogen-bond donors (Lipinski definition) is 2. The zero-order chi connectivity index (χ0) is 26.6. The van der Waals surface area contributed by atoms with E-state index in [1.165, 1.54) is 17.7 Å². The largest absolute Gasteiger partial charge is 0.449 e. The van der Waals surface area contributed by atoms with E-state index in [1.807, 2.05) is 36.4 Å². The number of cyclic esters (lactones) is 1. The van der Waals surface area contributed by atoms with Crippen molar-refractivity contribution in [2.75, 3.05) is 32.9 Å². The maximum Gasteiger partial charge on any atom is 0.410 e. The van der Waals surface area contributed by atoms with Gasteiger partial charge in [0.1, 0.15) is 6.10 Å². The SMILES string of the molecule is O=C(N[C@@H](Cc1ccccc1)[C@H](O)CN1C/C=C\CCCCCCCCOC1=O)O[C@H]1CO[C@H]2OCC[C@H]21. The Labute approximate surface area is 225 Å². The van der Waals surface area contributed by atoms with Crippen LogP contribution in [-0.4, -0.2) is 79.6 Å². The third-order valence-corrected chi connectivity index (χ3v) is 7.46. The molecule has 2 fully saturated rings. The highest BCUT2D eigenvalue weighted by atomic mass is 16.7. The van der Waals surface area contributed by atoms with E-state index in [0.29, 0.717) is 32.8 Å². The lowest BCUT2D eigenvalue weighted by Crippen LogP contribution is -2.51. The first-order valence-electron chi connectivity index (χ1n) is 14.1. The molecule has 38 heavy (non-hydrogen) atoms. The van der Waals surface area contributed by atoms with Crippen LogP contribution in [0.25, 0.3) is 0 Å². The number of hydrogen-bond acceptors (Lipinski definition) is 7. The molecule has 210 valence electrons. The van der Waals surface area contributed by atoms with Crippen molar-refractivity contribution >= 4 is 12.2 Å². The highest BCUT2D eigenvalue weighted by molar-refractivity contribution is 5.69. The predicted octanol–water partition coefficient (Wildman–Crippen LogP) is 4.19. The second-order valence-corrected chi connectivity index (χ2v) is 10.4. The fourth-order valence-electron chi connectivity index (χ4n) is 5.24. The van der Waals surface area contributed by atoms with E-state index in [4.69, 9.17) is 18.9 Å². The minimum absolute atomic E-state index is 0.0199. The molecule has 9 nitrogen and oxygen atoms in total. The summed E-state index contributed by atoms with van der Waals surface area (Å²) in [6, 6.07) is 8.95. The minimum atomic E-state index is -1.04. The average molecular weight is 531 g/mol. The van der Waals surface area contributed by atoms with Crippen LogP contribution in [0.2, 0.25) is 0 Å². The van der Waals surface area contributed by atoms with Gasteiger partial charge in [0, 0.05) is 6.54 Å². The van der Waals surface area contributed by atoms with Gasteiger partial charge in [0.25, 0.3) is 0 Å². The van der Waals surface area contributed by atoms with E-state index in [2.05, 4.69) is 11.4 Å². The Morgan fingerprint density at radius 3 is 2.68 bits per heavy atom. The van der Waals surface area contributed by atoms with E-state index in [1.54, 1.807) is 0 Å². The molecular formula is C29H42N2O7. The van der Waals surface area contributed by atoms with Crippen LogP contribution in [0.3, 0.4) is 0 Å². The topological polar surface area (TPSA) is 107 Å². The first-order valence-corrected chi connectivity index (χ1v) is 14.1. The molecular weight excluding hydrogens is 488 g/mol. The number of β-amino-alcohol motifs (C(OH)–C–C–N with tert-alkyl or cyclic N) is 1. The molecule has 4 rings (SSSR count). The van der Waals surface area contributed by atoms with Crippen LogP contribution in [0.4, 0.5) is 9.59 Å². The molecule has 0 saturated carbocycles. The lowest BCUT2D eigenvalue weighted by atomic mass is 10.0. The summed E-state index contributed by atoms with van der Waals surface area (Å²) in [5.41, 5.74) is 0.953. The molecule has 0 bridgehead atoms. The van der Waals surface area contributed by atoms with E-state index in [-0.39, 0.29) is 24.9 Å². The maximum absolute atomic E-state index is 12.9. The molecule has 2 amide bonds. The molecule has 3 aliphatic heterocycles. The molecule has 0 aliphatic carbocycles. The fraction of sp³-hybridized carbons (Fsp3) is 0.655. The highest BCUT2D eigenvalue weighted by Gasteiger charge is 2.44. The number of ether oxygens (including phenoxy) is 4. The molecule has 3 aliphatic rings. The number of rotatable bonds is 7. The van der Waals surface area contributed by atoms with Crippen molar-refractivity contribution < 1.29 is 33.6 Å². The number of nitrogens with zero attached hydrogens (tertiary/aromatic N) is 1. The second-order valence-electron chi connectivity index (χ2n) is 10.4. The van der Waals surface area contributed by atoms with Gasteiger partial charge in [0.2, 0.25) is 0 Å². The van der Waals surface area contributed by atoms with Crippen molar-refractivity contribution in [3.05, 3.63) is 48.0 Å². The van der Waals surface area contributed by atoms with E-state index >= 15 is 0 Å². The van der Waals surface area contributed by atoms with Crippen LogP contribution in [0.1, 0.15) is 56.9 Å². The van der Waals surface area contributed by atoms with Gasteiger partial charge in [-0.05, 0) is 37.7 Å². The molecule has 0 unspecified atom stereocenters. The van der Waals surface area contributed by atoms with E-state index in [9.17, 15) is 14.7 Å². The van der Waals surface area contributed by atoms with Gasteiger partial charge in [-0.15, -0.1) is 0 Å². The molecule has 2 saturated heterocycles. The summed E-state index contributed by atoms with van der Waals surface area (Å²) in [4.78, 5) is 27.3. The van der Waals surface area contributed by atoms with Crippen molar-refractivity contribution in [2.45, 2.75) is 82.3 Å². The molecule has 0 aromatic heterocycles. The number of benzene rings is 1. The summed E-state index contributed by atoms with van der Waals surface area (Å²) in [6.07, 6.45) is 9.91. The van der Waals surface area contributed by atoms with Gasteiger partial charge in [0.05, 0.1) is 44.4 Å². The Morgan fingerprint density at radius 1 is 1.05 bits per heavy atom. The summed E-state index contributed by atoms with van der Waals surface area (Å²) < 4.78 is 22.3. The monoisotopic (exact) mass is 530 g/mol. The van der Waals surface area contributed by atoms with Gasteiger partial charge in [-0.1, -0.05) is 68.2 Å². The van der Waals surface area contributed by atoms with E-state index in [0.717, 1.165) is 44.1 Å². The first-order chi connectivity index (χ1) is 18.6. The van der Waals surface area contributed by atoms with Crippen molar-refractivity contribution in [3.63, 3.8) is 0 Å². The summed E-state index contributed by atoms with van der Waals surface area (Å²) in [6.45, 7) is 1.60. The normalized spacial score (nSPS) is 27.4. The van der Waals surface area contributed by atoms with E-state index < -0.39 is 24.3 Å². The number of aliphatic hydroxyl groups excluding tert-OH is 1. The minimum Gasteiger partial charge on any atom is -0.449 e. The van der Waals surface area contributed by atoms with Gasteiger partial charge in [-0.2, -0.15) is 0 Å². The van der Waals surface area contributed by atoms with Crippen LogP contribution in [0.15, 0.2) is 42.5 Å². The van der Waals surface area contributed by atoms with Gasteiger partial charge >= 0.3 is 12.2 Å². The highest BCUT2D eigenvalue weighted by Crippen LogP contribution is 2.33. The van der Waals surface area contributed by atoms with Crippen LogP contribution in [0.5, 0.6) is 0 Å². The molecule has 2 N–H and O–H groups in total. The average Bonchev–Trinajstić information content (AvgIpc) is 3.53. The number of fused-ring (bicyclic) bond motifs is 1. The van der Waals surface area contributed by atoms with Crippen LogP contribution < -0.4 is 5.32 Å². The smallest absolute Gasteiger partial charge is 0.410 e. The number of alkyl carbamates (subject to hydrolysis) is 1. The molecule has 0 radical (unpaired) electrons. The zero-order valence-electron chi connectivity index (χ0n) is 22.2. The lowest BCUT2D eigenvalue weighted by molar-refractivity contribution is -0.0907. The Balaban J connectivity index is 1.40. The lowest BCUT2D eigenvalue weighted by Gasteiger charge is -2.29. The Morgan fingerprint density at radius 2 is 1.84 bits per heavy atom. The fourth-order valence-corrected chi connectivity index (χ4v) is 5.24. The third kappa shape index (κ3) is 8.71. The number of allylic oxidation sites excluding steroid dienone is 1. The van der Waals surface area contributed by atoms with Crippen LogP contribution in [0, 0.1) is 5.92 Å². The maximum atomic E-state index is 12.9. The number of nitrogens with one attached hydrogen (secondary N) is 1. The molecule has 1 aromatic rings. The van der Waals surface area contributed by atoms with Gasteiger partial charge in [-0.25, -0.2) is 9.59 Å². The molecule has 9 heteroatoms. The summed E-state index contributed by atoms with van der Waals surface area (Å²) >= 11 is 0. The Kier molecular flexibility index (Phi) is 11.3. The van der Waals surface area contributed by atoms with Crippen LogP contribution >= 0.6 is 0 Å². The van der Waals surface area contributed by atoms with Gasteiger partial charge in [0.15, 0.2) is 6.29 Å². The standard InChI is InChI=1S/C29H42N2O7/c32-25(20-31-16-11-6-4-2-1-3-5-7-12-17-36-29(31)34)24(19-22-13-9-8-10-14-22)30-28(33)38-26-21-37-27-23(26)15-18-35-27/h6,8-11,13-14,23-27,32H,1-5,7,12,15-21H2,(H,30,33)/b11-6-/t23-,24-,25+,26-,27+/m0/s1. The molecule has 1 aromatic carbocycles. The molecule has 5 atom stereocenters. The Bertz CT molecular complexity index is 896. The summed E-state index contributed by atoms with van der Waals surface area (Å²) in [5.74, 6) is 0.0237. The zero-order valence-corrected chi connectivity index (χ0v) is 22.2. The van der Waals surface area contributed by atoms with Crippen molar-refractivity contribution in [3.8, 4) is 0 Å². The Hall–Kier alpha value is -2.62. The van der Waals surface area contributed by atoms with Crippen molar-refractivity contribution in [2.24, 2.45) is 5.92 Å². The number of aliphatic hydroxyl groups is 1. The van der Waals surface area contributed by atoms with Gasteiger partial charge in [-0.3, -0.25) is 0 Å². The second kappa shape index (κ2) is 15.1. The number of carbonyl (C=O) groups excluding carboxylic acids is 2. The molecule has 0 spiro atoms. The van der Waals surface area contributed by atoms with Crippen molar-refractivity contribution in [1.82, 2.24) is 10.2 Å². The number of amides is 2. The van der Waals surface area contributed by atoms with Crippen LogP contribution in [-0.2, 0) is 25.4 Å². The molecule has 3 heterocycles. The predicted molar refractivity (Wildman–Crippen MR) is 142 cm³/mol. The quantitative estimate of drug-likeness (QED) is 0.509.